The zero-order valence-corrected chi connectivity index (χ0v) is 41.1. The van der Waals surface area contributed by atoms with E-state index in [9.17, 15) is 33.3 Å². The number of carbonyl (C=O) groups is 5. The van der Waals surface area contributed by atoms with Gasteiger partial charge in [0.05, 0.1) is 11.5 Å². The minimum absolute atomic E-state index is 0.00113. The van der Waals surface area contributed by atoms with Crippen LogP contribution in [0.2, 0.25) is 0 Å². The standard InChI is InChI=1S/C53H77N3O7S/c1-31(2)45-41(58)28-53(29-44(59)54-30-49(4,5)55-47(60)33-10-12-35(13-11-33)56-22-24-64(63)25-23-56)21-17-39-36(46(45)53)14-15-43-51(39,8)20-18-42-50(6,7)34(16-19-52(42,43)9)26-40(57)37-27-38(32(37)3)48(61)62/h10-13,31-32,34,36-39,42-43H,14-30H2,1-9H3,(H,54,59)(H,55,60)(H,61,62). The van der Waals surface area contributed by atoms with Crippen molar-refractivity contribution in [2.75, 3.05) is 36.0 Å². The van der Waals surface area contributed by atoms with Gasteiger partial charge in [-0.25, -0.2) is 0 Å². The largest absolute Gasteiger partial charge is 0.481 e. The average molecular weight is 900 g/mol. The van der Waals surface area contributed by atoms with Crippen LogP contribution in [0.15, 0.2) is 35.4 Å². The summed E-state index contributed by atoms with van der Waals surface area (Å²) in [5, 5.41) is 15.9. The molecule has 0 aromatic heterocycles. The van der Waals surface area contributed by atoms with E-state index in [0.29, 0.717) is 60.0 Å². The number of allylic oxidation sites excluding steroid dienone is 2. The van der Waals surface area contributed by atoms with Crippen LogP contribution in [-0.2, 0) is 30.0 Å². The van der Waals surface area contributed by atoms with Crippen LogP contribution < -0.4 is 15.5 Å². The van der Waals surface area contributed by atoms with Crippen LogP contribution in [-0.4, -0.2) is 75.3 Å². The highest BCUT2D eigenvalue weighted by atomic mass is 32.2. The minimum atomic E-state index is -0.774. The third-order valence-electron chi connectivity index (χ3n) is 19.3. The number of benzene rings is 1. The molecular weight excluding hydrogens is 823 g/mol. The predicted molar refractivity (Wildman–Crippen MR) is 252 cm³/mol. The molecule has 2 amide bonds. The molecule has 11 unspecified atom stereocenters. The second-order valence-corrected chi connectivity index (χ2v) is 25.6. The van der Waals surface area contributed by atoms with Crippen LogP contribution >= 0.6 is 0 Å². The molecule has 8 rings (SSSR count). The molecule has 5 saturated carbocycles. The van der Waals surface area contributed by atoms with Crippen LogP contribution in [0.1, 0.15) is 150 Å². The summed E-state index contributed by atoms with van der Waals surface area (Å²) in [6.45, 7) is 21.8. The van der Waals surface area contributed by atoms with Crippen molar-refractivity contribution >= 4 is 45.8 Å². The van der Waals surface area contributed by atoms with Gasteiger partial charge >= 0.3 is 5.97 Å². The van der Waals surface area contributed by atoms with Gasteiger partial charge in [-0.1, -0.05) is 54.0 Å². The number of anilines is 1. The van der Waals surface area contributed by atoms with Gasteiger partial charge in [-0.15, -0.1) is 0 Å². The van der Waals surface area contributed by atoms with Crippen molar-refractivity contribution in [2.45, 2.75) is 145 Å². The first kappa shape index (κ1) is 47.2. The molecule has 1 aromatic carbocycles. The number of rotatable bonds is 12. The number of ketones is 2. The van der Waals surface area contributed by atoms with E-state index in [-0.39, 0.29) is 76.3 Å². The summed E-state index contributed by atoms with van der Waals surface area (Å²) in [7, 11) is -0.756. The Morgan fingerprint density at radius 1 is 0.891 bits per heavy atom. The fourth-order valence-corrected chi connectivity index (χ4v) is 16.9. The van der Waals surface area contributed by atoms with Gasteiger partial charge in [0.1, 0.15) is 5.78 Å². The lowest BCUT2D eigenvalue weighted by Gasteiger charge is -2.69. The first-order chi connectivity index (χ1) is 30.0. The fourth-order valence-electron chi connectivity index (χ4n) is 15.8. The van der Waals surface area contributed by atoms with Gasteiger partial charge in [-0.2, -0.15) is 0 Å². The number of carboxylic acid groups (broad SMARTS) is 1. The Labute approximate surface area is 385 Å². The van der Waals surface area contributed by atoms with E-state index in [1.807, 2.05) is 45.0 Å². The molecule has 6 fully saturated rings. The second-order valence-electron chi connectivity index (χ2n) is 23.9. The van der Waals surface area contributed by atoms with Crippen molar-refractivity contribution in [1.82, 2.24) is 10.6 Å². The van der Waals surface area contributed by atoms with E-state index >= 15 is 0 Å². The van der Waals surface area contributed by atoms with Gasteiger partial charge in [-0.05, 0) is 159 Å². The number of carboxylic acids is 1. The number of hydrogen-bond donors (Lipinski definition) is 3. The number of nitrogens with zero attached hydrogens (tertiary/aromatic N) is 1. The monoisotopic (exact) mass is 900 g/mol. The van der Waals surface area contributed by atoms with Crippen molar-refractivity contribution in [3.05, 3.63) is 41.0 Å². The van der Waals surface area contributed by atoms with E-state index in [1.165, 1.54) is 5.57 Å². The van der Waals surface area contributed by atoms with Gasteiger partial charge in [0, 0.05) is 83.8 Å². The molecule has 0 radical (unpaired) electrons. The van der Waals surface area contributed by atoms with Gasteiger partial charge in [0.15, 0.2) is 5.78 Å². The molecule has 1 heterocycles. The van der Waals surface area contributed by atoms with E-state index in [2.05, 4.69) is 57.1 Å². The first-order valence-electron chi connectivity index (χ1n) is 24.8. The van der Waals surface area contributed by atoms with Crippen molar-refractivity contribution in [3.8, 4) is 0 Å². The molecule has 1 aliphatic heterocycles. The number of hydrogen-bond acceptors (Lipinski definition) is 7. The number of Topliss-reactive ketones (excluding diaryl/α,β-unsaturated/α-hetero) is 2. The summed E-state index contributed by atoms with van der Waals surface area (Å²) < 4.78 is 11.8. The van der Waals surface area contributed by atoms with Crippen LogP contribution in [0.3, 0.4) is 0 Å². The minimum Gasteiger partial charge on any atom is -0.481 e. The van der Waals surface area contributed by atoms with Crippen molar-refractivity contribution < 1.29 is 33.3 Å². The Balaban J connectivity index is 0.928. The lowest BCUT2D eigenvalue weighted by Crippen LogP contribution is -2.62. The topological polar surface area (TPSA) is 150 Å². The molecule has 1 aromatic rings. The molecule has 64 heavy (non-hydrogen) atoms. The quantitative estimate of drug-likeness (QED) is 0.189. The van der Waals surface area contributed by atoms with Gasteiger partial charge < -0.3 is 20.6 Å². The van der Waals surface area contributed by atoms with Crippen LogP contribution in [0.25, 0.3) is 0 Å². The number of nitrogens with one attached hydrogen (secondary N) is 2. The van der Waals surface area contributed by atoms with Crippen LogP contribution in [0, 0.1) is 74.9 Å². The van der Waals surface area contributed by atoms with Crippen LogP contribution in [0.4, 0.5) is 5.69 Å². The first-order valence-corrected chi connectivity index (χ1v) is 26.3. The van der Waals surface area contributed by atoms with Crippen molar-refractivity contribution in [3.63, 3.8) is 0 Å². The number of fused-ring (bicyclic) bond motifs is 7. The molecule has 7 aliphatic rings. The smallest absolute Gasteiger partial charge is 0.306 e. The molecule has 0 bridgehead atoms. The van der Waals surface area contributed by atoms with Gasteiger partial charge in [0.2, 0.25) is 5.91 Å². The summed E-state index contributed by atoms with van der Waals surface area (Å²) in [5.41, 5.74) is 2.94. The van der Waals surface area contributed by atoms with Gasteiger partial charge in [0.25, 0.3) is 5.91 Å². The van der Waals surface area contributed by atoms with Gasteiger partial charge in [-0.3, -0.25) is 28.2 Å². The highest BCUT2D eigenvalue weighted by Crippen LogP contribution is 2.74. The SMILES string of the molecule is CC(C)C1=C2C3CCC4C(C)(CCC5C(C)(C)C(CC(=O)C6CC(C(=O)O)C6C)CCC54C)C3CCC2(CC(=O)NCC(C)(C)NC(=O)c2ccc(N3CCS(=O)CC3)cc2)CC1=O. The number of aliphatic carboxylic acids is 1. The average Bonchev–Trinajstić information content (AvgIpc) is 3.52. The number of amides is 2. The normalized spacial score (nSPS) is 37.2. The zero-order chi connectivity index (χ0) is 46.3. The van der Waals surface area contributed by atoms with Crippen molar-refractivity contribution in [1.29, 1.82) is 0 Å². The molecule has 11 heteroatoms. The molecule has 352 valence electrons. The molecule has 6 aliphatic carbocycles. The summed E-state index contributed by atoms with van der Waals surface area (Å²) in [4.78, 5) is 69.2. The molecule has 10 nitrogen and oxygen atoms in total. The Bertz CT molecular complexity index is 2100. The van der Waals surface area contributed by atoms with E-state index in [0.717, 1.165) is 75.7 Å². The molecule has 1 saturated heterocycles. The molecule has 0 spiro atoms. The van der Waals surface area contributed by atoms with Crippen LogP contribution in [0.5, 0.6) is 0 Å². The highest BCUT2D eigenvalue weighted by Gasteiger charge is 2.66. The Kier molecular flexibility index (Phi) is 12.6. The van der Waals surface area contributed by atoms with E-state index in [4.69, 9.17) is 0 Å². The maximum absolute atomic E-state index is 14.1. The molecule has 3 N–H and O–H groups in total. The van der Waals surface area contributed by atoms with E-state index < -0.39 is 33.6 Å². The summed E-state index contributed by atoms with van der Waals surface area (Å²) >= 11 is 0. The highest BCUT2D eigenvalue weighted by molar-refractivity contribution is 7.85. The maximum Gasteiger partial charge on any atom is 0.306 e. The molecule has 11 atom stereocenters. The lowest BCUT2D eigenvalue weighted by molar-refractivity contribution is -0.193. The Morgan fingerprint density at radius 3 is 2.20 bits per heavy atom. The van der Waals surface area contributed by atoms with E-state index in [1.54, 1.807) is 0 Å². The summed E-state index contributed by atoms with van der Waals surface area (Å²) in [6, 6.07) is 7.54. The third-order valence-corrected chi connectivity index (χ3v) is 20.6. The predicted octanol–water partition coefficient (Wildman–Crippen LogP) is 8.79. The maximum atomic E-state index is 14.1. The third kappa shape index (κ3) is 8.15. The number of carbonyl (C=O) groups excluding carboxylic acids is 4. The summed E-state index contributed by atoms with van der Waals surface area (Å²) in [5.74, 6) is 2.36. The fraction of sp³-hybridized carbons (Fsp3) is 0.755. The summed E-state index contributed by atoms with van der Waals surface area (Å²) in [6.07, 6.45) is 10.2. The van der Waals surface area contributed by atoms with Crippen molar-refractivity contribution in [2.24, 2.45) is 74.9 Å². The zero-order valence-electron chi connectivity index (χ0n) is 40.3. The Hall–Kier alpha value is -3.34. The molecular formula is C53H77N3O7S. The lowest BCUT2D eigenvalue weighted by atomic mass is 9.35. The second kappa shape index (κ2) is 17.1. The Morgan fingerprint density at radius 2 is 1.56 bits per heavy atom.